The molecule has 1 aliphatic rings. The van der Waals surface area contributed by atoms with Gasteiger partial charge in [-0.25, -0.2) is 8.42 Å². The van der Waals surface area contributed by atoms with Crippen LogP contribution in [-0.4, -0.2) is 49.0 Å². The zero-order valence-electron chi connectivity index (χ0n) is 13.9. The summed E-state index contributed by atoms with van der Waals surface area (Å²) in [7, 11) is -4.40. The van der Waals surface area contributed by atoms with Gasteiger partial charge in [-0.1, -0.05) is 16.1 Å². The highest BCUT2D eigenvalue weighted by atomic mass is 35.5. The van der Waals surface area contributed by atoms with Gasteiger partial charge in [-0.2, -0.15) is 0 Å². The van der Waals surface area contributed by atoms with Gasteiger partial charge in [0.15, 0.2) is 11.5 Å². The van der Waals surface area contributed by atoms with E-state index in [0.29, 0.717) is 4.47 Å². The van der Waals surface area contributed by atoms with Crippen LogP contribution in [0.4, 0.5) is 11.4 Å². The van der Waals surface area contributed by atoms with E-state index in [-0.39, 0.29) is 41.9 Å². The molecule has 3 rings (SSSR count). The monoisotopic (exact) mass is 418 g/mol. The quantitative estimate of drug-likeness (QED) is 0.439. The number of rotatable bonds is 6. The van der Waals surface area contributed by atoms with Crippen molar-refractivity contribution in [1.29, 1.82) is 0 Å². The Morgan fingerprint density at radius 2 is 2.07 bits per heavy atom. The third-order valence-electron chi connectivity index (χ3n) is 3.80. The molecule has 0 bridgehead atoms. The number of aromatic hydroxyl groups is 1. The number of halogens is 1. The first-order valence-corrected chi connectivity index (χ1v) is 9.58. The third-order valence-corrected chi connectivity index (χ3v) is 5.94. The van der Waals surface area contributed by atoms with Crippen LogP contribution in [0.15, 0.2) is 26.6 Å². The molecule has 1 heterocycles. The van der Waals surface area contributed by atoms with Crippen LogP contribution < -0.4 is 20.9 Å². The van der Waals surface area contributed by atoms with Gasteiger partial charge in [-0.05, 0) is 19.1 Å². The fourth-order valence-corrected chi connectivity index (χ4v) is 4.40. The third kappa shape index (κ3) is 3.28. The largest absolute Gasteiger partial charge is 0.504 e. The number of aliphatic hydroxyl groups excluding tert-OH is 1. The molecular weight excluding hydrogens is 404 g/mol. The van der Waals surface area contributed by atoms with Crippen molar-refractivity contribution in [2.45, 2.75) is 17.9 Å². The summed E-state index contributed by atoms with van der Waals surface area (Å²) in [5.41, 5.74) is -2.05. The van der Waals surface area contributed by atoms with E-state index in [4.69, 9.17) is 21.2 Å². The van der Waals surface area contributed by atoms with Gasteiger partial charge in [0.2, 0.25) is 0 Å². The molecule has 3 N–H and O–H groups in total. The Labute approximate surface area is 158 Å². The summed E-state index contributed by atoms with van der Waals surface area (Å²) in [4.78, 5) is 27.5. The lowest BCUT2D eigenvalue weighted by Crippen LogP contribution is -2.35. The van der Waals surface area contributed by atoms with Gasteiger partial charge in [0, 0.05) is 0 Å². The summed E-state index contributed by atoms with van der Waals surface area (Å²) in [5, 5.41) is 22.1. The first-order valence-electron chi connectivity index (χ1n) is 7.76. The Balaban J connectivity index is 2.01. The van der Waals surface area contributed by atoms with Crippen LogP contribution in [0.1, 0.15) is 6.92 Å². The number of phenolic OH excluding ortho intramolecular Hbond substituents is 1. The molecule has 0 saturated carbocycles. The molecule has 0 radical (unpaired) electrons. The van der Waals surface area contributed by atoms with Gasteiger partial charge in [-0.3, -0.25) is 14.4 Å². The molecule has 0 aliphatic carbocycles. The minimum atomic E-state index is -4.40. The van der Waals surface area contributed by atoms with Gasteiger partial charge >= 0.3 is 0 Å². The smallest absolute Gasteiger partial charge is 0.272 e. The number of hydrogen-bond donors (Lipinski definition) is 3. The number of hydroxylamine groups is 1. The van der Waals surface area contributed by atoms with Crippen molar-refractivity contribution in [3.05, 3.63) is 37.6 Å². The Morgan fingerprint density at radius 3 is 2.67 bits per heavy atom. The number of nitrogens with zero attached hydrogens (tertiary/aromatic N) is 1. The molecule has 2 aromatic carbocycles. The summed E-state index contributed by atoms with van der Waals surface area (Å²) in [6.45, 7) is 1.20. The van der Waals surface area contributed by atoms with Crippen LogP contribution in [-0.2, 0) is 14.9 Å². The second kappa shape index (κ2) is 7.09. The summed E-state index contributed by atoms with van der Waals surface area (Å²) in [6.07, 6.45) is -1.01. The average Bonchev–Trinajstić information content (AvgIpc) is 3.06. The van der Waals surface area contributed by atoms with Crippen molar-refractivity contribution in [2.75, 3.05) is 25.1 Å². The van der Waals surface area contributed by atoms with E-state index in [1.165, 1.54) is 12.1 Å². The van der Waals surface area contributed by atoms with E-state index in [1.807, 2.05) is 0 Å². The summed E-state index contributed by atoms with van der Waals surface area (Å²) < 4.78 is 31.0. The van der Waals surface area contributed by atoms with Crippen LogP contribution in [0.5, 0.6) is 11.5 Å². The number of ether oxygens (including phenoxy) is 1. The molecule has 0 aromatic heterocycles. The number of hydrogen-bond acceptors (Lipinski definition) is 9. The Morgan fingerprint density at radius 1 is 1.37 bits per heavy atom. The number of β-amino-alcohol motifs (C(OH)–C–C–N with tert-alkyl or cyclic N) is 1. The minimum Gasteiger partial charge on any atom is -0.504 e. The number of phenols is 1. The molecule has 1 aliphatic heterocycles. The maximum absolute atomic E-state index is 12.7. The van der Waals surface area contributed by atoms with E-state index >= 15 is 0 Å². The SMILES string of the molecule is CCOc1c(Nc2ccc(Cl)c(S(=O)(=O)N3C[C@@H](O)CO3)c2O)c(=O)c1=O. The zero-order chi connectivity index (χ0) is 19.9. The fraction of sp³-hybridized carbons (Fsp3) is 0.333. The molecular formula is C15H15ClN2O8S. The van der Waals surface area contributed by atoms with Crippen molar-refractivity contribution in [3.63, 3.8) is 0 Å². The highest BCUT2D eigenvalue weighted by molar-refractivity contribution is 7.89. The standard InChI is InChI=1S/C15H15ClN2O8S/c1-2-25-14-10(12(21)13(14)22)17-9-4-3-8(16)15(11(9)20)27(23,24)18-5-7(19)6-26-18/h3-4,7,17,19-20H,2,5-6H2,1H3/t7-/m1/s1. The summed E-state index contributed by atoms with van der Waals surface area (Å²) in [5.74, 6) is -0.977. The normalized spacial score (nSPS) is 18.1. The molecule has 10 nitrogen and oxygen atoms in total. The average molecular weight is 419 g/mol. The predicted molar refractivity (Wildman–Crippen MR) is 94.8 cm³/mol. The first kappa shape index (κ1) is 19.6. The topological polar surface area (TPSA) is 142 Å². The number of aliphatic hydroxyl groups is 1. The zero-order valence-corrected chi connectivity index (χ0v) is 15.5. The molecule has 27 heavy (non-hydrogen) atoms. The number of benzene rings is 1. The van der Waals surface area contributed by atoms with E-state index in [1.54, 1.807) is 6.92 Å². The van der Waals surface area contributed by atoms with E-state index < -0.39 is 37.6 Å². The predicted octanol–water partition coefficient (Wildman–Crippen LogP) is 0.0807. The Bertz CT molecular complexity index is 1060. The van der Waals surface area contributed by atoms with Gasteiger partial charge in [0.1, 0.15) is 10.6 Å². The molecule has 2 aromatic rings. The van der Waals surface area contributed by atoms with Gasteiger partial charge < -0.3 is 20.3 Å². The number of nitrogens with one attached hydrogen (secondary N) is 1. The number of anilines is 2. The lowest BCUT2D eigenvalue weighted by molar-refractivity contribution is -0.0317. The van der Waals surface area contributed by atoms with Gasteiger partial charge in [-0.15, -0.1) is 0 Å². The Hall–Kier alpha value is -2.18. The number of sulfonamides is 1. The van der Waals surface area contributed by atoms with Crippen LogP contribution in [0.2, 0.25) is 5.02 Å². The maximum Gasteiger partial charge on any atom is 0.272 e. The minimum absolute atomic E-state index is 0.139. The van der Waals surface area contributed by atoms with E-state index in [2.05, 4.69) is 5.32 Å². The summed E-state index contributed by atoms with van der Waals surface area (Å²) in [6, 6.07) is 2.43. The first-order chi connectivity index (χ1) is 12.7. The van der Waals surface area contributed by atoms with E-state index in [9.17, 15) is 28.2 Å². The van der Waals surface area contributed by atoms with Crippen molar-refractivity contribution >= 4 is 33.0 Å². The van der Waals surface area contributed by atoms with Crippen LogP contribution >= 0.6 is 11.6 Å². The second-order valence-electron chi connectivity index (χ2n) is 5.63. The molecule has 0 spiro atoms. The van der Waals surface area contributed by atoms with Gasteiger partial charge in [0.25, 0.3) is 20.9 Å². The highest BCUT2D eigenvalue weighted by Gasteiger charge is 2.37. The van der Waals surface area contributed by atoms with Crippen LogP contribution in [0.25, 0.3) is 0 Å². The lowest BCUT2D eigenvalue weighted by Gasteiger charge is -2.19. The van der Waals surface area contributed by atoms with E-state index in [0.717, 1.165) is 0 Å². The summed E-state index contributed by atoms with van der Waals surface area (Å²) >= 11 is 5.95. The van der Waals surface area contributed by atoms with Crippen molar-refractivity contribution in [1.82, 2.24) is 4.47 Å². The van der Waals surface area contributed by atoms with Crippen LogP contribution in [0, 0.1) is 0 Å². The van der Waals surface area contributed by atoms with Crippen molar-refractivity contribution < 1.29 is 28.2 Å². The van der Waals surface area contributed by atoms with Gasteiger partial charge in [0.05, 0.1) is 36.6 Å². The van der Waals surface area contributed by atoms with Crippen LogP contribution in [0.3, 0.4) is 0 Å². The second-order valence-corrected chi connectivity index (χ2v) is 7.81. The molecule has 1 saturated heterocycles. The molecule has 1 atom stereocenters. The van der Waals surface area contributed by atoms with Crippen molar-refractivity contribution in [2.24, 2.45) is 0 Å². The molecule has 12 heteroatoms. The molecule has 0 amide bonds. The molecule has 146 valence electrons. The Kier molecular flexibility index (Phi) is 5.14. The van der Waals surface area contributed by atoms with Crippen molar-refractivity contribution in [3.8, 4) is 11.5 Å². The lowest BCUT2D eigenvalue weighted by atomic mass is 10.2. The fourth-order valence-electron chi connectivity index (χ4n) is 2.51. The molecule has 1 fully saturated rings. The molecule has 0 unspecified atom stereocenters. The maximum atomic E-state index is 12.7. The highest BCUT2D eigenvalue weighted by Crippen LogP contribution is 2.40.